The molecule has 2 rings (SSSR count). The van der Waals surface area contributed by atoms with E-state index >= 15 is 0 Å². The van der Waals surface area contributed by atoms with E-state index in [1.54, 1.807) is 0 Å². The van der Waals surface area contributed by atoms with Gasteiger partial charge in [0.15, 0.2) is 0 Å². The van der Waals surface area contributed by atoms with Crippen molar-refractivity contribution < 1.29 is 4.74 Å². The quantitative estimate of drug-likeness (QED) is 0.803. The summed E-state index contributed by atoms with van der Waals surface area (Å²) in [6.45, 7) is 6.73. The van der Waals surface area contributed by atoms with Crippen LogP contribution in [0.15, 0.2) is 42.7 Å². The van der Waals surface area contributed by atoms with Crippen molar-refractivity contribution in [3.8, 4) is 5.75 Å². The molecule has 1 unspecified atom stereocenters. The molecule has 0 saturated heterocycles. The average molecular weight is 273 g/mol. The molecule has 0 bridgehead atoms. The zero-order valence-electron chi connectivity index (χ0n) is 12.2. The number of hydrogen-bond acceptors (Lipinski definition) is 3. The molecule has 1 N–H and O–H groups in total. The number of para-hydroxylation sites is 1. The minimum absolute atomic E-state index is 0.176. The van der Waals surface area contributed by atoms with Gasteiger partial charge in [0.1, 0.15) is 12.4 Å². The first-order valence-corrected chi connectivity index (χ1v) is 7.27. The molecule has 2 aromatic rings. The summed E-state index contributed by atoms with van der Waals surface area (Å²) >= 11 is 0. The molecule has 0 aliphatic rings. The van der Waals surface area contributed by atoms with Gasteiger partial charge in [0.2, 0.25) is 0 Å². The molecule has 0 spiro atoms. The molecule has 4 heteroatoms. The molecule has 0 aliphatic heterocycles. The number of nitrogens with one attached hydrogen (secondary N) is 1. The van der Waals surface area contributed by atoms with Crippen molar-refractivity contribution in [3.05, 3.63) is 48.3 Å². The van der Waals surface area contributed by atoms with E-state index in [0.717, 1.165) is 25.3 Å². The van der Waals surface area contributed by atoms with E-state index in [1.165, 1.54) is 5.56 Å². The van der Waals surface area contributed by atoms with Crippen LogP contribution in [-0.2, 0) is 6.54 Å². The maximum absolute atomic E-state index is 5.86. The van der Waals surface area contributed by atoms with E-state index in [2.05, 4.69) is 30.5 Å². The smallest absolute Gasteiger partial charge is 0.119 e. The second kappa shape index (κ2) is 7.70. The second-order valence-electron chi connectivity index (χ2n) is 4.76. The number of rotatable bonds is 8. The number of aromatic nitrogens is 2. The van der Waals surface area contributed by atoms with E-state index in [0.29, 0.717) is 6.61 Å². The Kier molecular flexibility index (Phi) is 5.62. The van der Waals surface area contributed by atoms with Crippen molar-refractivity contribution in [2.75, 3.05) is 13.2 Å². The van der Waals surface area contributed by atoms with Crippen molar-refractivity contribution in [2.24, 2.45) is 0 Å². The Bertz CT molecular complexity index is 495. The minimum Gasteiger partial charge on any atom is -0.492 e. The lowest BCUT2D eigenvalue weighted by atomic mass is 10.1. The van der Waals surface area contributed by atoms with Crippen molar-refractivity contribution in [1.82, 2.24) is 15.1 Å². The van der Waals surface area contributed by atoms with Gasteiger partial charge in [-0.1, -0.05) is 25.1 Å². The van der Waals surface area contributed by atoms with Gasteiger partial charge in [-0.3, -0.25) is 4.68 Å². The first kappa shape index (κ1) is 14.6. The molecule has 1 aromatic carbocycles. The van der Waals surface area contributed by atoms with E-state index in [9.17, 15) is 0 Å². The Morgan fingerprint density at radius 3 is 2.70 bits per heavy atom. The van der Waals surface area contributed by atoms with Crippen LogP contribution >= 0.6 is 0 Å². The van der Waals surface area contributed by atoms with Crippen molar-refractivity contribution >= 4 is 0 Å². The molecule has 20 heavy (non-hydrogen) atoms. The van der Waals surface area contributed by atoms with Gasteiger partial charge in [0.05, 0.1) is 12.2 Å². The van der Waals surface area contributed by atoms with Gasteiger partial charge in [-0.25, -0.2) is 0 Å². The molecular weight excluding hydrogens is 250 g/mol. The van der Waals surface area contributed by atoms with Gasteiger partial charge in [-0.15, -0.1) is 0 Å². The molecule has 4 nitrogen and oxygen atoms in total. The van der Waals surface area contributed by atoms with Crippen LogP contribution in [0.4, 0.5) is 0 Å². The fourth-order valence-corrected chi connectivity index (χ4v) is 2.02. The van der Waals surface area contributed by atoms with Crippen LogP contribution in [0, 0.1) is 0 Å². The predicted octanol–water partition coefficient (Wildman–Crippen LogP) is 3.02. The number of hydrogen-bond donors (Lipinski definition) is 1. The first-order valence-electron chi connectivity index (χ1n) is 7.27. The lowest BCUT2D eigenvalue weighted by molar-refractivity contribution is 0.266. The Morgan fingerprint density at radius 1 is 1.25 bits per heavy atom. The number of benzene rings is 1. The lowest BCUT2D eigenvalue weighted by Crippen LogP contribution is -2.27. The molecule has 108 valence electrons. The molecule has 0 radical (unpaired) electrons. The molecule has 0 aliphatic carbocycles. The maximum Gasteiger partial charge on any atom is 0.119 e. The summed E-state index contributed by atoms with van der Waals surface area (Å²) in [4.78, 5) is 0. The van der Waals surface area contributed by atoms with Gasteiger partial charge in [0, 0.05) is 18.3 Å². The van der Waals surface area contributed by atoms with Crippen LogP contribution in [0.2, 0.25) is 0 Å². The third-order valence-corrected chi connectivity index (χ3v) is 3.18. The normalized spacial score (nSPS) is 12.3. The fraction of sp³-hybridized carbons (Fsp3) is 0.438. The Morgan fingerprint density at radius 2 is 2.05 bits per heavy atom. The van der Waals surface area contributed by atoms with Crippen LogP contribution in [0.25, 0.3) is 0 Å². The Labute approximate surface area is 120 Å². The minimum atomic E-state index is 0.176. The van der Waals surface area contributed by atoms with Crippen LogP contribution in [0.3, 0.4) is 0 Å². The monoisotopic (exact) mass is 273 g/mol. The fourth-order valence-electron chi connectivity index (χ4n) is 2.02. The maximum atomic E-state index is 5.86. The third-order valence-electron chi connectivity index (χ3n) is 3.18. The standard InChI is InChI=1S/C16H23N3O/c1-3-10-17-16(14-11-18-19(4-2)12-14)13-20-15-8-6-5-7-9-15/h5-9,11-12,16-17H,3-4,10,13H2,1-2H3. The average Bonchev–Trinajstić information content (AvgIpc) is 2.97. The SMILES string of the molecule is CCCNC(COc1ccccc1)c1cnn(CC)c1. The topological polar surface area (TPSA) is 39.1 Å². The highest BCUT2D eigenvalue weighted by atomic mass is 16.5. The van der Waals surface area contributed by atoms with Crippen molar-refractivity contribution in [3.63, 3.8) is 0 Å². The van der Waals surface area contributed by atoms with E-state index < -0.39 is 0 Å². The van der Waals surface area contributed by atoms with Gasteiger partial charge in [-0.2, -0.15) is 5.10 Å². The summed E-state index contributed by atoms with van der Waals surface area (Å²) in [5, 5.41) is 7.85. The summed E-state index contributed by atoms with van der Waals surface area (Å²) in [6, 6.07) is 10.1. The number of aryl methyl sites for hydroxylation is 1. The largest absolute Gasteiger partial charge is 0.492 e. The Hall–Kier alpha value is -1.81. The van der Waals surface area contributed by atoms with Crippen molar-refractivity contribution in [1.29, 1.82) is 0 Å². The predicted molar refractivity (Wildman–Crippen MR) is 80.9 cm³/mol. The summed E-state index contributed by atoms with van der Waals surface area (Å²) in [6.07, 6.45) is 5.11. The molecular formula is C16H23N3O. The molecule has 1 atom stereocenters. The first-order chi connectivity index (χ1) is 9.83. The van der Waals surface area contributed by atoms with E-state index in [4.69, 9.17) is 4.74 Å². The summed E-state index contributed by atoms with van der Waals surface area (Å²) in [5.41, 5.74) is 1.18. The second-order valence-corrected chi connectivity index (χ2v) is 4.76. The summed E-state index contributed by atoms with van der Waals surface area (Å²) < 4.78 is 7.81. The van der Waals surface area contributed by atoms with Gasteiger partial charge in [0.25, 0.3) is 0 Å². The molecule has 0 fully saturated rings. The van der Waals surface area contributed by atoms with Crippen LogP contribution in [0.5, 0.6) is 5.75 Å². The van der Waals surface area contributed by atoms with E-state index in [-0.39, 0.29) is 6.04 Å². The zero-order chi connectivity index (χ0) is 14.2. The summed E-state index contributed by atoms with van der Waals surface area (Å²) in [5.74, 6) is 0.902. The Balaban J connectivity index is 1.99. The molecule has 0 saturated carbocycles. The van der Waals surface area contributed by atoms with Crippen LogP contribution < -0.4 is 10.1 Å². The highest BCUT2D eigenvalue weighted by molar-refractivity contribution is 5.21. The van der Waals surface area contributed by atoms with E-state index in [1.807, 2.05) is 41.2 Å². The summed E-state index contributed by atoms with van der Waals surface area (Å²) in [7, 11) is 0. The number of ether oxygens (including phenoxy) is 1. The van der Waals surface area contributed by atoms with Gasteiger partial charge < -0.3 is 10.1 Å². The highest BCUT2D eigenvalue weighted by Crippen LogP contribution is 2.16. The zero-order valence-corrected chi connectivity index (χ0v) is 12.2. The third kappa shape index (κ3) is 4.10. The lowest BCUT2D eigenvalue weighted by Gasteiger charge is -2.18. The number of nitrogens with zero attached hydrogens (tertiary/aromatic N) is 2. The molecule has 1 aromatic heterocycles. The highest BCUT2D eigenvalue weighted by Gasteiger charge is 2.13. The molecule has 0 amide bonds. The van der Waals surface area contributed by atoms with Crippen molar-refractivity contribution in [2.45, 2.75) is 32.9 Å². The van der Waals surface area contributed by atoms with Gasteiger partial charge >= 0.3 is 0 Å². The molecule has 1 heterocycles. The van der Waals surface area contributed by atoms with Gasteiger partial charge in [-0.05, 0) is 32.0 Å². The van der Waals surface area contributed by atoms with Crippen LogP contribution in [0.1, 0.15) is 31.9 Å². The van der Waals surface area contributed by atoms with Crippen LogP contribution in [-0.4, -0.2) is 22.9 Å².